The number of carbonyl (C=O) groups is 1. The summed E-state index contributed by atoms with van der Waals surface area (Å²) in [6, 6.07) is 5.34. The summed E-state index contributed by atoms with van der Waals surface area (Å²) in [4.78, 5) is 11.3. The number of carbonyl (C=O) groups excluding carboxylic acids is 1. The molecule has 1 aromatic carbocycles. The molecule has 2 rings (SSSR count). The second-order valence-electron chi connectivity index (χ2n) is 4.13. The van der Waals surface area contributed by atoms with E-state index in [0.717, 1.165) is 5.56 Å². The van der Waals surface area contributed by atoms with Crippen LogP contribution in [0.4, 0.5) is 5.69 Å². The molecule has 3 N–H and O–H groups in total. The van der Waals surface area contributed by atoms with E-state index in [9.17, 15) is 15.0 Å². The van der Waals surface area contributed by atoms with Gasteiger partial charge in [-0.05, 0) is 17.7 Å². The Labute approximate surface area is 105 Å². The summed E-state index contributed by atoms with van der Waals surface area (Å²) in [5.41, 5.74) is 2.08. The van der Waals surface area contributed by atoms with E-state index in [1.807, 2.05) is 6.07 Å². The van der Waals surface area contributed by atoms with Crippen LogP contribution in [0.2, 0.25) is 0 Å². The topological polar surface area (TPSA) is 69.6 Å². The van der Waals surface area contributed by atoms with E-state index in [1.165, 1.54) is 0 Å². The lowest BCUT2D eigenvalue weighted by Crippen LogP contribution is -2.20. The van der Waals surface area contributed by atoms with Crippen LogP contribution >= 0.6 is 12.6 Å². The van der Waals surface area contributed by atoms with Crippen LogP contribution < -0.4 is 5.32 Å². The fraction of sp³-hybridized carbons (Fsp3) is 0.417. The molecule has 2 unspecified atom stereocenters. The van der Waals surface area contributed by atoms with Crippen molar-refractivity contribution >= 4 is 24.2 Å². The van der Waals surface area contributed by atoms with Gasteiger partial charge in [0.2, 0.25) is 5.91 Å². The molecule has 1 aromatic rings. The molecule has 92 valence electrons. The van der Waals surface area contributed by atoms with Crippen molar-refractivity contribution in [1.29, 1.82) is 0 Å². The monoisotopic (exact) mass is 253 g/mol. The van der Waals surface area contributed by atoms with Gasteiger partial charge in [0.15, 0.2) is 0 Å². The Morgan fingerprint density at radius 1 is 1.41 bits per heavy atom. The van der Waals surface area contributed by atoms with Crippen molar-refractivity contribution in [2.24, 2.45) is 0 Å². The minimum absolute atomic E-state index is 0.0802. The molecule has 1 aliphatic rings. The number of anilines is 1. The van der Waals surface area contributed by atoms with Gasteiger partial charge in [0.05, 0.1) is 18.2 Å². The first-order valence-electron chi connectivity index (χ1n) is 5.52. The smallest absolute Gasteiger partial charge is 0.228 e. The van der Waals surface area contributed by atoms with Crippen molar-refractivity contribution < 1.29 is 15.0 Å². The van der Waals surface area contributed by atoms with Crippen molar-refractivity contribution in [3.05, 3.63) is 29.3 Å². The van der Waals surface area contributed by atoms with E-state index in [2.05, 4.69) is 17.9 Å². The third-order valence-electron chi connectivity index (χ3n) is 2.91. The fourth-order valence-electron chi connectivity index (χ4n) is 2.02. The highest BCUT2D eigenvalue weighted by Gasteiger charge is 2.26. The number of aliphatic hydroxyl groups excluding tert-OH is 2. The average molecular weight is 253 g/mol. The summed E-state index contributed by atoms with van der Waals surface area (Å²) < 4.78 is 0. The first-order chi connectivity index (χ1) is 8.13. The molecule has 17 heavy (non-hydrogen) atoms. The van der Waals surface area contributed by atoms with Gasteiger partial charge in [0, 0.05) is 5.56 Å². The SMILES string of the molecule is O=C1Cc2cccc(C(O)C(O)CCS)c2N1. The molecule has 0 aromatic heterocycles. The number of benzene rings is 1. The quantitative estimate of drug-likeness (QED) is 0.603. The van der Waals surface area contributed by atoms with Gasteiger partial charge in [-0.15, -0.1) is 0 Å². The summed E-state index contributed by atoms with van der Waals surface area (Å²) in [6.07, 6.45) is -1.12. The van der Waals surface area contributed by atoms with Gasteiger partial charge in [0.1, 0.15) is 6.10 Å². The van der Waals surface area contributed by atoms with Gasteiger partial charge in [0.25, 0.3) is 0 Å². The van der Waals surface area contributed by atoms with Crippen LogP contribution in [0.5, 0.6) is 0 Å². The van der Waals surface area contributed by atoms with Crippen molar-refractivity contribution in [2.45, 2.75) is 25.0 Å². The lowest BCUT2D eigenvalue weighted by atomic mass is 9.98. The summed E-state index contributed by atoms with van der Waals surface area (Å²) in [6.45, 7) is 0. The van der Waals surface area contributed by atoms with E-state index in [1.54, 1.807) is 12.1 Å². The lowest BCUT2D eigenvalue weighted by molar-refractivity contribution is -0.115. The van der Waals surface area contributed by atoms with Crippen LogP contribution in [0.1, 0.15) is 23.7 Å². The minimum Gasteiger partial charge on any atom is -0.390 e. The second kappa shape index (κ2) is 5.08. The van der Waals surface area contributed by atoms with Crippen molar-refractivity contribution in [3.8, 4) is 0 Å². The maximum atomic E-state index is 11.3. The number of rotatable bonds is 4. The van der Waals surface area contributed by atoms with E-state index < -0.39 is 12.2 Å². The molecule has 1 heterocycles. The van der Waals surface area contributed by atoms with Gasteiger partial charge in [-0.25, -0.2) is 0 Å². The molecule has 1 amide bonds. The molecule has 0 spiro atoms. The zero-order valence-corrected chi connectivity index (χ0v) is 10.2. The molecule has 5 heteroatoms. The van der Waals surface area contributed by atoms with E-state index in [-0.39, 0.29) is 5.91 Å². The number of fused-ring (bicyclic) bond motifs is 1. The molecule has 4 nitrogen and oxygen atoms in total. The maximum absolute atomic E-state index is 11.3. The highest BCUT2D eigenvalue weighted by atomic mass is 32.1. The standard InChI is InChI=1S/C12H15NO3S/c14-9(4-5-17)12(16)8-3-1-2-7-6-10(15)13-11(7)8/h1-3,9,12,14,16-17H,4-6H2,(H,13,15). The molecular weight excluding hydrogens is 238 g/mol. The van der Waals surface area contributed by atoms with Crippen LogP contribution in [0.3, 0.4) is 0 Å². The van der Waals surface area contributed by atoms with Crippen molar-refractivity contribution in [3.63, 3.8) is 0 Å². The molecule has 0 fully saturated rings. The molecular formula is C12H15NO3S. The van der Waals surface area contributed by atoms with Crippen LogP contribution in [-0.4, -0.2) is 28.0 Å². The first-order valence-corrected chi connectivity index (χ1v) is 6.15. The van der Waals surface area contributed by atoms with Crippen molar-refractivity contribution in [1.82, 2.24) is 0 Å². The molecule has 0 aliphatic carbocycles. The Hall–Kier alpha value is -1.04. The Morgan fingerprint density at radius 3 is 2.88 bits per heavy atom. The largest absolute Gasteiger partial charge is 0.390 e. The molecule has 1 aliphatic heterocycles. The van der Waals surface area contributed by atoms with E-state index in [0.29, 0.717) is 29.8 Å². The second-order valence-corrected chi connectivity index (χ2v) is 4.58. The summed E-state index contributed by atoms with van der Waals surface area (Å²) in [5, 5.41) is 22.5. The van der Waals surface area contributed by atoms with E-state index >= 15 is 0 Å². The minimum atomic E-state index is -0.990. The number of nitrogens with one attached hydrogen (secondary N) is 1. The fourth-order valence-corrected chi connectivity index (χ4v) is 2.28. The van der Waals surface area contributed by atoms with Gasteiger partial charge in [-0.2, -0.15) is 12.6 Å². The summed E-state index contributed by atoms with van der Waals surface area (Å²) in [7, 11) is 0. The Morgan fingerprint density at radius 2 is 2.18 bits per heavy atom. The number of para-hydroxylation sites is 1. The number of aliphatic hydroxyl groups is 2. The van der Waals surface area contributed by atoms with Gasteiger partial charge in [-0.1, -0.05) is 18.2 Å². The number of hydrogen-bond acceptors (Lipinski definition) is 4. The summed E-state index contributed by atoms with van der Waals surface area (Å²) in [5.74, 6) is 0.419. The van der Waals surface area contributed by atoms with Crippen LogP contribution in [0, 0.1) is 0 Å². The van der Waals surface area contributed by atoms with Crippen LogP contribution in [0.25, 0.3) is 0 Å². The molecule has 0 bridgehead atoms. The highest BCUT2D eigenvalue weighted by molar-refractivity contribution is 7.80. The molecule has 2 atom stereocenters. The number of amides is 1. The van der Waals surface area contributed by atoms with E-state index in [4.69, 9.17) is 0 Å². The Balaban J connectivity index is 2.28. The zero-order valence-electron chi connectivity index (χ0n) is 9.26. The molecule has 0 saturated heterocycles. The predicted octanol–water partition coefficient (Wildman–Crippen LogP) is 0.895. The normalized spacial score (nSPS) is 17.5. The highest BCUT2D eigenvalue weighted by Crippen LogP contribution is 2.33. The third kappa shape index (κ3) is 2.46. The predicted molar refractivity (Wildman–Crippen MR) is 68.2 cm³/mol. The van der Waals surface area contributed by atoms with Crippen LogP contribution in [0.15, 0.2) is 18.2 Å². The number of thiol groups is 1. The molecule has 0 radical (unpaired) electrons. The molecule has 0 saturated carbocycles. The third-order valence-corrected chi connectivity index (χ3v) is 3.16. The Kier molecular flexibility index (Phi) is 3.71. The number of hydrogen-bond donors (Lipinski definition) is 4. The van der Waals surface area contributed by atoms with Crippen LogP contribution in [-0.2, 0) is 11.2 Å². The lowest BCUT2D eigenvalue weighted by Gasteiger charge is -2.19. The van der Waals surface area contributed by atoms with Gasteiger partial charge in [-0.3, -0.25) is 4.79 Å². The Bertz CT molecular complexity index is 436. The zero-order chi connectivity index (χ0) is 12.4. The van der Waals surface area contributed by atoms with Gasteiger partial charge < -0.3 is 15.5 Å². The maximum Gasteiger partial charge on any atom is 0.228 e. The first kappa shape index (κ1) is 12.4. The average Bonchev–Trinajstić information content (AvgIpc) is 2.68. The van der Waals surface area contributed by atoms with Crippen molar-refractivity contribution in [2.75, 3.05) is 11.1 Å². The van der Waals surface area contributed by atoms with Gasteiger partial charge >= 0.3 is 0 Å². The summed E-state index contributed by atoms with van der Waals surface area (Å²) >= 11 is 4.02.